The number of methoxy groups -OCH3 is 1. The number of nitrogens with two attached hydrogens (primary N) is 1. The van der Waals surface area contributed by atoms with E-state index in [1.165, 1.54) is 7.11 Å². The first kappa shape index (κ1) is 11.8. The highest BCUT2D eigenvalue weighted by molar-refractivity contribution is 7.90. The third-order valence-electron chi connectivity index (χ3n) is 2.12. The fourth-order valence-electron chi connectivity index (χ4n) is 1.20. The zero-order chi connectivity index (χ0) is 11.5. The summed E-state index contributed by atoms with van der Waals surface area (Å²) >= 11 is 0. The Morgan fingerprint density at radius 2 is 2.07 bits per heavy atom. The Kier molecular flexibility index (Phi) is 3.57. The van der Waals surface area contributed by atoms with E-state index >= 15 is 0 Å². The molecule has 0 fully saturated rings. The third kappa shape index (κ3) is 3.13. The van der Waals surface area contributed by atoms with Crippen molar-refractivity contribution in [3.05, 3.63) is 23.8 Å². The number of ether oxygens (including phenoxy) is 1. The van der Waals surface area contributed by atoms with Gasteiger partial charge in [-0.3, -0.25) is 0 Å². The molecule has 1 rings (SSSR count). The summed E-state index contributed by atoms with van der Waals surface area (Å²) in [5.74, 6) is 0.679. The minimum atomic E-state index is -3.01. The van der Waals surface area contributed by atoms with Gasteiger partial charge in [0.15, 0.2) is 9.84 Å². The zero-order valence-electron chi connectivity index (χ0n) is 8.86. The molecule has 0 bridgehead atoms. The number of sulfone groups is 1. The first-order valence-electron chi connectivity index (χ1n) is 4.61. The normalized spacial score (nSPS) is 11.3. The molecule has 5 heteroatoms. The van der Waals surface area contributed by atoms with E-state index in [1.807, 2.05) is 0 Å². The van der Waals surface area contributed by atoms with E-state index in [1.54, 1.807) is 25.1 Å². The van der Waals surface area contributed by atoms with E-state index in [0.29, 0.717) is 17.0 Å². The summed E-state index contributed by atoms with van der Waals surface area (Å²) in [6.07, 6.45) is 0. The van der Waals surface area contributed by atoms with Gasteiger partial charge < -0.3 is 10.5 Å². The topological polar surface area (TPSA) is 69.4 Å². The summed E-state index contributed by atoms with van der Waals surface area (Å²) in [7, 11) is -1.50. The fourth-order valence-corrected chi connectivity index (χ4v) is 2.09. The maximum atomic E-state index is 11.4. The van der Waals surface area contributed by atoms with Crippen molar-refractivity contribution in [2.75, 3.05) is 18.6 Å². The van der Waals surface area contributed by atoms with Crippen molar-refractivity contribution in [1.82, 2.24) is 0 Å². The van der Waals surface area contributed by atoms with Crippen LogP contribution in [-0.4, -0.2) is 21.3 Å². The van der Waals surface area contributed by atoms with Crippen LogP contribution >= 0.6 is 0 Å². The molecule has 0 unspecified atom stereocenters. The second-order valence-electron chi connectivity index (χ2n) is 3.25. The van der Waals surface area contributed by atoms with Crippen molar-refractivity contribution < 1.29 is 13.2 Å². The molecule has 0 heterocycles. The van der Waals surface area contributed by atoms with Crippen LogP contribution in [0.4, 0.5) is 5.69 Å². The van der Waals surface area contributed by atoms with Gasteiger partial charge in [-0.1, -0.05) is 13.0 Å². The Balaban J connectivity index is 2.98. The van der Waals surface area contributed by atoms with E-state index in [9.17, 15) is 8.42 Å². The molecule has 4 nitrogen and oxygen atoms in total. The summed E-state index contributed by atoms with van der Waals surface area (Å²) < 4.78 is 27.8. The lowest BCUT2D eigenvalue weighted by molar-refractivity contribution is 0.416. The molecule has 0 amide bonds. The molecule has 0 aliphatic carbocycles. The van der Waals surface area contributed by atoms with Gasteiger partial charge in [-0.25, -0.2) is 8.42 Å². The largest absolute Gasteiger partial charge is 0.495 e. The van der Waals surface area contributed by atoms with E-state index in [0.717, 1.165) is 0 Å². The Labute approximate surface area is 90.0 Å². The quantitative estimate of drug-likeness (QED) is 0.788. The van der Waals surface area contributed by atoms with Gasteiger partial charge in [-0.05, 0) is 17.7 Å². The number of anilines is 1. The van der Waals surface area contributed by atoms with Crippen LogP contribution in [-0.2, 0) is 15.6 Å². The average molecular weight is 229 g/mol. The van der Waals surface area contributed by atoms with Crippen molar-refractivity contribution in [3.63, 3.8) is 0 Å². The van der Waals surface area contributed by atoms with Gasteiger partial charge in [0.25, 0.3) is 0 Å². The third-order valence-corrected chi connectivity index (χ3v) is 3.78. The number of benzene rings is 1. The highest BCUT2D eigenvalue weighted by Crippen LogP contribution is 2.23. The lowest BCUT2D eigenvalue weighted by Gasteiger charge is -2.07. The molecule has 0 aliphatic rings. The van der Waals surface area contributed by atoms with Gasteiger partial charge in [0.05, 0.1) is 18.6 Å². The monoisotopic (exact) mass is 229 g/mol. The summed E-state index contributed by atoms with van der Waals surface area (Å²) in [5, 5.41) is 0. The van der Waals surface area contributed by atoms with Crippen LogP contribution < -0.4 is 10.5 Å². The van der Waals surface area contributed by atoms with Crippen molar-refractivity contribution in [2.24, 2.45) is 0 Å². The van der Waals surface area contributed by atoms with Gasteiger partial charge >= 0.3 is 0 Å². The van der Waals surface area contributed by atoms with Gasteiger partial charge in [0.1, 0.15) is 5.75 Å². The lowest BCUT2D eigenvalue weighted by atomic mass is 10.2. The van der Waals surface area contributed by atoms with Gasteiger partial charge in [0, 0.05) is 5.75 Å². The number of nitrogen functional groups attached to an aromatic ring is 1. The first-order valence-corrected chi connectivity index (χ1v) is 6.43. The first-order chi connectivity index (χ1) is 6.98. The number of hydrogen-bond acceptors (Lipinski definition) is 4. The maximum absolute atomic E-state index is 11.4. The Morgan fingerprint density at radius 3 is 2.60 bits per heavy atom. The number of rotatable bonds is 4. The SMILES string of the molecule is CCS(=O)(=O)Cc1ccc(N)c(OC)c1. The van der Waals surface area contributed by atoms with Crippen molar-refractivity contribution in [2.45, 2.75) is 12.7 Å². The highest BCUT2D eigenvalue weighted by Gasteiger charge is 2.10. The summed E-state index contributed by atoms with van der Waals surface area (Å²) in [4.78, 5) is 0. The molecule has 0 spiro atoms. The lowest BCUT2D eigenvalue weighted by Crippen LogP contribution is -2.07. The zero-order valence-corrected chi connectivity index (χ0v) is 9.67. The smallest absolute Gasteiger partial charge is 0.154 e. The molecule has 2 N–H and O–H groups in total. The summed E-state index contributed by atoms with van der Waals surface area (Å²) in [5.41, 5.74) is 6.83. The molecule has 15 heavy (non-hydrogen) atoms. The molecule has 0 saturated heterocycles. The van der Waals surface area contributed by atoms with Crippen LogP contribution in [0.5, 0.6) is 5.75 Å². The predicted molar refractivity (Wildman–Crippen MR) is 60.6 cm³/mol. The molecular formula is C10H15NO3S. The van der Waals surface area contributed by atoms with E-state index in [2.05, 4.69) is 0 Å². The Morgan fingerprint density at radius 1 is 1.40 bits per heavy atom. The molecule has 0 atom stereocenters. The molecule has 0 aliphatic heterocycles. The maximum Gasteiger partial charge on any atom is 0.154 e. The summed E-state index contributed by atoms with van der Waals surface area (Å²) in [6.45, 7) is 1.63. The van der Waals surface area contributed by atoms with Crippen LogP contribution in [0.1, 0.15) is 12.5 Å². The molecule has 84 valence electrons. The average Bonchev–Trinajstić information content (AvgIpc) is 2.20. The van der Waals surface area contributed by atoms with Gasteiger partial charge in [-0.15, -0.1) is 0 Å². The molecular weight excluding hydrogens is 214 g/mol. The molecule has 0 radical (unpaired) electrons. The Bertz CT molecular complexity index is 440. The van der Waals surface area contributed by atoms with Crippen LogP contribution in [0.15, 0.2) is 18.2 Å². The predicted octanol–water partition coefficient (Wildman–Crippen LogP) is 1.21. The number of hydrogen-bond donors (Lipinski definition) is 1. The van der Waals surface area contributed by atoms with Gasteiger partial charge in [0.2, 0.25) is 0 Å². The summed E-state index contributed by atoms with van der Waals surface area (Å²) in [6, 6.07) is 5.01. The van der Waals surface area contributed by atoms with E-state index in [4.69, 9.17) is 10.5 Å². The fraction of sp³-hybridized carbons (Fsp3) is 0.400. The van der Waals surface area contributed by atoms with Crippen LogP contribution in [0.2, 0.25) is 0 Å². The molecule has 1 aromatic carbocycles. The van der Waals surface area contributed by atoms with Crippen LogP contribution in [0.3, 0.4) is 0 Å². The standard InChI is InChI=1S/C10H15NO3S/c1-3-15(12,13)7-8-4-5-9(11)10(6-8)14-2/h4-6H,3,7,11H2,1-2H3. The van der Waals surface area contributed by atoms with Gasteiger partial charge in [-0.2, -0.15) is 0 Å². The van der Waals surface area contributed by atoms with Crippen LogP contribution in [0.25, 0.3) is 0 Å². The molecule has 0 saturated carbocycles. The van der Waals surface area contributed by atoms with Crippen molar-refractivity contribution in [1.29, 1.82) is 0 Å². The minimum Gasteiger partial charge on any atom is -0.495 e. The van der Waals surface area contributed by atoms with Crippen molar-refractivity contribution >= 4 is 15.5 Å². The van der Waals surface area contributed by atoms with E-state index < -0.39 is 9.84 Å². The van der Waals surface area contributed by atoms with E-state index in [-0.39, 0.29) is 11.5 Å². The highest BCUT2D eigenvalue weighted by atomic mass is 32.2. The minimum absolute atomic E-state index is 0.0279. The van der Waals surface area contributed by atoms with Crippen molar-refractivity contribution in [3.8, 4) is 5.75 Å². The Hall–Kier alpha value is -1.23. The second kappa shape index (κ2) is 4.53. The van der Waals surface area contributed by atoms with Crippen LogP contribution in [0, 0.1) is 0 Å². The molecule has 1 aromatic rings. The second-order valence-corrected chi connectivity index (χ2v) is 5.61. The molecule has 0 aromatic heterocycles.